The van der Waals surface area contributed by atoms with Gasteiger partial charge in [-0.2, -0.15) is 0 Å². The minimum Gasteiger partial charge on any atom is -0.496 e. The highest BCUT2D eigenvalue weighted by Gasteiger charge is 2.20. The predicted molar refractivity (Wildman–Crippen MR) is 72.0 cm³/mol. The van der Waals surface area contributed by atoms with E-state index in [0.717, 1.165) is 5.56 Å². The summed E-state index contributed by atoms with van der Waals surface area (Å²) in [7, 11) is 1.58. The molecular formula is C13H19N3O3. The molecule has 0 fully saturated rings. The maximum absolute atomic E-state index is 11.9. The number of oxime groups is 1. The Morgan fingerprint density at radius 3 is 2.79 bits per heavy atom. The van der Waals surface area contributed by atoms with Crippen molar-refractivity contribution in [3.63, 3.8) is 0 Å². The molecule has 104 valence electrons. The van der Waals surface area contributed by atoms with Gasteiger partial charge in [0.2, 0.25) is 5.91 Å². The Balaban J connectivity index is 2.68. The Hall–Kier alpha value is -2.24. The van der Waals surface area contributed by atoms with Gasteiger partial charge >= 0.3 is 0 Å². The molecule has 0 aliphatic carbocycles. The first-order valence-corrected chi connectivity index (χ1v) is 6.01. The van der Waals surface area contributed by atoms with E-state index in [0.29, 0.717) is 18.7 Å². The van der Waals surface area contributed by atoms with Gasteiger partial charge in [0.15, 0.2) is 5.84 Å². The number of nitrogens with two attached hydrogens (primary N) is 1. The Labute approximate surface area is 112 Å². The van der Waals surface area contributed by atoms with Crippen LogP contribution in [0.3, 0.4) is 0 Å². The van der Waals surface area contributed by atoms with Crippen LogP contribution in [0.15, 0.2) is 29.4 Å². The standard InChI is InChI=1S/C13H19N3O3/c1-3-10(12(14)16-18)13(17)15-8-9-6-4-5-7-11(9)19-2/h4-7,10,18H,3,8H2,1-2H3,(H2,14,16)(H,15,17). The van der Waals surface area contributed by atoms with Gasteiger partial charge < -0.3 is 21.0 Å². The second-order valence-corrected chi connectivity index (χ2v) is 4.02. The van der Waals surface area contributed by atoms with Crippen LogP contribution in [0.4, 0.5) is 0 Å². The summed E-state index contributed by atoms with van der Waals surface area (Å²) in [6, 6.07) is 7.41. The highest BCUT2D eigenvalue weighted by atomic mass is 16.5. The van der Waals surface area contributed by atoms with Crippen LogP contribution in [0.2, 0.25) is 0 Å². The van der Waals surface area contributed by atoms with Crippen LogP contribution in [-0.4, -0.2) is 24.1 Å². The Kier molecular flexibility index (Phi) is 5.66. The fraction of sp³-hybridized carbons (Fsp3) is 0.385. The third kappa shape index (κ3) is 3.87. The quantitative estimate of drug-likeness (QED) is 0.310. The number of amidine groups is 1. The molecule has 1 amide bonds. The number of benzene rings is 1. The molecule has 0 aromatic heterocycles. The minimum absolute atomic E-state index is 0.0833. The zero-order valence-corrected chi connectivity index (χ0v) is 11.1. The molecule has 1 atom stereocenters. The van der Waals surface area contributed by atoms with E-state index in [-0.39, 0.29) is 11.7 Å². The number of nitrogens with zero attached hydrogens (tertiary/aromatic N) is 1. The fourth-order valence-electron chi connectivity index (χ4n) is 1.75. The molecule has 0 heterocycles. The normalized spacial score (nSPS) is 12.8. The van der Waals surface area contributed by atoms with Gasteiger partial charge in [0.25, 0.3) is 0 Å². The molecule has 0 aliphatic heterocycles. The van der Waals surface area contributed by atoms with Crippen molar-refractivity contribution in [1.82, 2.24) is 5.32 Å². The molecular weight excluding hydrogens is 246 g/mol. The molecule has 1 aromatic rings. The van der Waals surface area contributed by atoms with Crippen LogP contribution in [0.25, 0.3) is 0 Å². The molecule has 0 bridgehead atoms. The lowest BCUT2D eigenvalue weighted by atomic mass is 10.0. The minimum atomic E-state index is -0.625. The molecule has 19 heavy (non-hydrogen) atoms. The first-order valence-electron chi connectivity index (χ1n) is 6.01. The number of amides is 1. The molecule has 1 aromatic carbocycles. The van der Waals surface area contributed by atoms with Crippen LogP contribution in [-0.2, 0) is 11.3 Å². The third-order valence-corrected chi connectivity index (χ3v) is 2.84. The maximum atomic E-state index is 11.9. The number of carbonyl (C=O) groups excluding carboxylic acids is 1. The van der Waals surface area contributed by atoms with Crippen molar-refractivity contribution in [2.24, 2.45) is 16.8 Å². The maximum Gasteiger partial charge on any atom is 0.231 e. The molecule has 0 saturated heterocycles. The lowest BCUT2D eigenvalue weighted by Crippen LogP contribution is -2.38. The summed E-state index contributed by atoms with van der Waals surface area (Å²) in [6.07, 6.45) is 0.466. The monoisotopic (exact) mass is 265 g/mol. The highest BCUT2D eigenvalue weighted by Crippen LogP contribution is 2.17. The fourth-order valence-corrected chi connectivity index (χ4v) is 1.75. The topological polar surface area (TPSA) is 96.9 Å². The second kappa shape index (κ2) is 7.25. The summed E-state index contributed by atoms with van der Waals surface area (Å²) in [5.74, 6) is -0.275. The zero-order chi connectivity index (χ0) is 14.3. The number of rotatable bonds is 6. The van der Waals surface area contributed by atoms with E-state index in [1.165, 1.54) is 0 Å². The van der Waals surface area contributed by atoms with E-state index in [2.05, 4.69) is 10.5 Å². The third-order valence-electron chi connectivity index (χ3n) is 2.84. The molecule has 0 radical (unpaired) electrons. The van der Waals surface area contributed by atoms with E-state index in [1.54, 1.807) is 14.0 Å². The first kappa shape index (κ1) is 14.8. The van der Waals surface area contributed by atoms with Crippen molar-refractivity contribution in [3.8, 4) is 5.75 Å². The molecule has 1 rings (SSSR count). The van der Waals surface area contributed by atoms with E-state index in [1.807, 2.05) is 24.3 Å². The number of hydrogen-bond acceptors (Lipinski definition) is 4. The van der Waals surface area contributed by atoms with Crippen LogP contribution < -0.4 is 15.8 Å². The molecule has 6 nitrogen and oxygen atoms in total. The first-order chi connectivity index (χ1) is 9.13. The summed E-state index contributed by atoms with van der Waals surface area (Å²) in [4.78, 5) is 11.9. The number of ether oxygens (including phenoxy) is 1. The lowest BCUT2D eigenvalue weighted by Gasteiger charge is -2.14. The summed E-state index contributed by atoms with van der Waals surface area (Å²) < 4.78 is 5.19. The van der Waals surface area contributed by atoms with Crippen LogP contribution >= 0.6 is 0 Å². The highest BCUT2D eigenvalue weighted by molar-refractivity contribution is 6.01. The molecule has 0 aliphatic rings. The molecule has 0 saturated carbocycles. The van der Waals surface area contributed by atoms with Crippen molar-refractivity contribution in [2.45, 2.75) is 19.9 Å². The average molecular weight is 265 g/mol. The number of methoxy groups -OCH3 is 1. The second-order valence-electron chi connectivity index (χ2n) is 4.02. The van der Waals surface area contributed by atoms with Crippen molar-refractivity contribution in [1.29, 1.82) is 0 Å². The lowest BCUT2D eigenvalue weighted by molar-refractivity contribution is -0.123. The summed E-state index contributed by atoms with van der Waals surface area (Å²) in [5.41, 5.74) is 6.34. The van der Waals surface area contributed by atoms with Gasteiger partial charge in [0.1, 0.15) is 5.75 Å². The largest absolute Gasteiger partial charge is 0.496 e. The summed E-state index contributed by atoms with van der Waals surface area (Å²) >= 11 is 0. The van der Waals surface area contributed by atoms with Gasteiger partial charge in [0, 0.05) is 12.1 Å². The Morgan fingerprint density at radius 2 is 2.21 bits per heavy atom. The summed E-state index contributed by atoms with van der Waals surface area (Å²) in [5, 5.41) is 14.2. The van der Waals surface area contributed by atoms with Crippen LogP contribution in [0.1, 0.15) is 18.9 Å². The van der Waals surface area contributed by atoms with E-state index in [9.17, 15) is 4.79 Å². The van der Waals surface area contributed by atoms with Crippen molar-refractivity contribution in [3.05, 3.63) is 29.8 Å². The SMILES string of the molecule is CCC(C(=O)NCc1ccccc1OC)C(N)=NO. The van der Waals surface area contributed by atoms with E-state index >= 15 is 0 Å². The molecule has 1 unspecified atom stereocenters. The summed E-state index contributed by atoms with van der Waals surface area (Å²) in [6.45, 7) is 2.13. The van der Waals surface area contributed by atoms with E-state index in [4.69, 9.17) is 15.7 Å². The predicted octanol–water partition coefficient (Wildman–Crippen LogP) is 1.08. The van der Waals surface area contributed by atoms with Crippen LogP contribution in [0.5, 0.6) is 5.75 Å². The van der Waals surface area contributed by atoms with Gasteiger partial charge in [-0.05, 0) is 12.5 Å². The number of nitrogens with one attached hydrogen (secondary N) is 1. The average Bonchev–Trinajstić information content (AvgIpc) is 2.45. The van der Waals surface area contributed by atoms with Gasteiger partial charge in [-0.3, -0.25) is 4.79 Å². The van der Waals surface area contributed by atoms with Gasteiger partial charge in [-0.15, -0.1) is 0 Å². The Morgan fingerprint density at radius 1 is 1.53 bits per heavy atom. The van der Waals surface area contributed by atoms with Crippen LogP contribution in [0, 0.1) is 5.92 Å². The van der Waals surface area contributed by atoms with Crippen molar-refractivity contribution >= 4 is 11.7 Å². The number of carbonyl (C=O) groups is 1. The van der Waals surface area contributed by atoms with Gasteiger partial charge in [-0.25, -0.2) is 0 Å². The van der Waals surface area contributed by atoms with E-state index < -0.39 is 5.92 Å². The number of para-hydroxylation sites is 1. The van der Waals surface area contributed by atoms with Gasteiger partial charge in [-0.1, -0.05) is 30.3 Å². The Bertz CT molecular complexity index is 460. The smallest absolute Gasteiger partial charge is 0.231 e. The molecule has 6 heteroatoms. The zero-order valence-electron chi connectivity index (χ0n) is 11.1. The van der Waals surface area contributed by atoms with Gasteiger partial charge in [0.05, 0.1) is 13.0 Å². The van der Waals surface area contributed by atoms with Crippen molar-refractivity contribution < 1.29 is 14.7 Å². The van der Waals surface area contributed by atoms with Crippen molar-refractivity contribution in [2.75, 3.05) is 7.11 Å². The number of hydrogen-bond donors (Lipinski definition) is 3. The molecule has 4 N–H and O–H groups in total. The molecule has 0 spiro atoms.